The normalized spacial score (nSPS) is 14.3. The fourth-order valence-corrected chi connectivity index (χ4v) is 7.15. The van der Waals surface area contributed by atoms with Gasteiger partial charge in [0.25, 0.3) is 11.5 Å². The molecule has 5 aromatic rings. The summed E-state index contributed by atoms with van der Waals surface area (Å²) in [7, 11) is 3.07. The molecule has 6 rings (SSSR count). The molecule has 1 amide bonds. The first kappa shape index (κ1) is 33.4. The maximum Gasteiger partial charge on any atom is 0.271 e. The summed E-state index contributed by atoms with van der Waals surface area (Å²) in [6, 6.07) is 24.2. The Morgan fingerprint density at radius 2 is 1.75 bits per heavy atom. The Bertz CT molecular complexity index is 2250. The van der Waals surface area contributed by atoms with Crippen LogP contribution in [-0.2, 0) is 11.4 Å². The molecule has 8 nitrogen and oxygen atoms in total. The van der Waals surface area contributed by atoms with E-state index in [0.29, 0.717) is 64.7 Å². The molecular formula is C36H28Cl3N3O5S. The molecule has 1 atom stereocenters. The first-order valence-corrected chi connectivity index (χ1v) is 16.6. The number of nitrogens with one attached hydrogen (secondary N) is 1. The first-order chi connectivity index (χ1) is 23.2. The van der Waals surface area contributed by atoms with E-state index >= 15 is 0 Å². The Balaban J connectivity index is 1.41. The highest BCUT2D eigenvalue weighted by Crippen LogP contribution is 2.38. The number of halogens is 3. The summed E-state index contributed by atoms with van der Waals surface area (Å²) in [4.78, 5) is 33.2. The van der Waals surface area contributed by atoms with Crippen molar-refractivity contribution in [2.24, 2.45) is 4.99 Å². The Kier molecular flexibility index (Phi) is 9.93. The van der Waals surface area contributed by atoms with Crippen molar-refractivity contribution < 1.29 is 19.0 Å². The zero-order valence-electron chi connectivity index (χ0n) is 25.9. The predicted octanol–water partition coefficient (Wildman–Crippen LogP) is 7.43. The van der Waals surface area contributed by atoms with Crippen LogP contribution in [0.25, 0.3) is 6.08 Å². The van der Waals surface area contributed by atoms with Gasteiger partial charge in [-0.2, -0.15) is 0 Å². The third-order valence-electron chi connectivity index (χ3n) is 7.64. The average Bonchev–Trinajstić information content (AvgIpc) is 3.37. The van der Waals surface area contributed by atoms with Crippen LogP contribution in [-0.4, -0.2) is 24.7 Å². The molecule has 0 bridgehead atoms. The lowest BCUT2D eigenvalue weighted by Gasteiger charge is -2.25. The smallest absolute Gasteiger partial charge is 0.271 e. The third-order valence-corrected chi connectivity index (χ3v) is 9.49. The number of rotatable bonds is 9. The van der Waals surface area contributed by atoms with Gasteiger partial charge in [0.05, 0.1) is 41.1 Å². The second-order valence-electron chi connectivity index (χ2n) is 10.7. The number of methoxy groups -OCH3 is 2. The van der Waals surface area contributed by atoms with Gasteiger partial charge in [-0.1, -0.05) is 82.5 Å². The number of hydrogen-bond donors (Lipinski definition) is 1. The van der Waals surface area contributed by atoms with E-state index in [0.717, 1.165) is 5.56 Å². The number of hydrogen-bond acceptors (Lipinski definition) is 7. The molecule has 1 aliphatic rings. The summed E-state index contributed by atoms with van der Waals surface area (Å²) in [6.45, 7) is 1.90. The van der Waals surface area contributed by atoms with Gasteiger partial charge in [-0.15, -0.1) is 0 Å². The number of aromatic nitrogens is 1. The SMILES string of the molecule is COc1cccc([C@@H]2C(C(=O)Nc3ccccc3)=C(C)N=c3s/c(=C\c4cc(Cl)c(OCc5ccc(Cl)cc5Cl)c(OC)c4)c(=O)n32)c1. The fourth-order valence-electron chi connectivity index (χ4n) is 5.36. The van der Waals surface area contributed by atoms with Crippen LogP contribution in [0.1, 0.15) is 29.7 Å². The van der Waals surface area contributed by atoms with Gasteiger partial charge in [0.2, 0.25) is 0 Å². The standard InChI is InChI=1S/C36H28Cl3N3O5S/c1-20-31(34(43)41-25-9-5-4-6-10-25)32(22-8-7-11-26(17-22)45-2)42-35(44)30(48-36(42)40-20)16-21-14-28(39)33(29(15-21)46-3)47-19-23-12-13-24(37)18-27(23)38/h4-18,32H,19H2,1-3H3,(H,41,43)/b30-16-/t32-/m1/s1. The Labute approximate surface area is 295 Å². The number of allylic oxidation sites excluding steroid dienone is 1. The lowest BCUT2D eigenvalue weighted by molar-refractivity contribution is -0.113. The van der Waals surface area contributed by atoms with Gasteiger partial charge >= 0.3 is 0 Å². The number of thiazole rings is 1. The second-order valence-corrected chi connectivity index (χ2v) is 13.0. The van der Waals surface area contributed by atoms with Crippen molar-refractivity contribution in [3.05, 3.63) is 148 Å². The van der Waals surface area contributed by atoms with E-state index in [1.807, 2.05) is 42.5 Å². The van der Waals surface area contributed by atoms with E-state index in [1.165, 1.54) is 18.4 Å². The summed E-state index contributed by atoms with van der Waals surface area (Å²) >= 11 is 20.2. The number of fused-ring (bicyclic) bond motifs is 1. The van der Waals surface area contributed by atoms with Crippen molar-refractivity contribution in [2.75, 3.05) is 19.5 Å². The Hall–Kier alpha value is -4.54. The van der Waals surface area contributed by atoms with E-state index in [4.69, 9.17) is 54.0 Å². The van der Waals surface area contributed by atoms with Crippen LogP contribution >= 0.6 is 46.1 Å². The van der Waals surface area contributed by atoms with Gasteiger partial charge < -0.3 is 19.5 Å². The molecule has 48 heavy (non-hydrogen) atoms. The number of carbonyl (C=O) groups is 1. The van der Waals surface area contributed by atoms with Crippen molar-refractivity contribution in [1.82, 2.24) is 4.57 Å². The number of benzene rings is 4. The van der Waals surface area contributed by atoms with Crippen LogP contribution < -0.4 is 34.4 Å². The molecule has 0 spiro atoms. The van der Waals surface area contributed by atoms with E-state index in [2.05, 4.69) is 5.32 Å². The maximum atomic E-state index is 14.2. The van der Waals surface area contributed by atoms with Gasteiger partial charge in [0.1, 0.15) is 12.4 Å². The molecule has 12 heteroatoms. The number of amides is 1. The van der Waals surface area contributed by atoms with Gasteiger partial charge in [0, 0.05) is 21.3 Å². The number of nitrogens with zero attached hydrogens (tertiary/aromatic N) is 2. The van der Waals surface area contributed by atoms with E-state index in [9.17, 15) is 9.59 Å². The molecule has 2 heterocycles. The Morgan fingerprint density at radius 3 is 2.48 bits per heavy atom. The van der Waals surface area contributed by atoms with Crippen molar-refractivity contribution >= 4 is 63.8 Å². The highest BCUT2D eigenvalue weighted by Gasteiger charge is 2.33. The minimum atomic E-state index is -0.768. The highest BCUT2D eigenvalue weighted by molar-refractivity contribution is 7.07. The minimum Gasteiger partial charge on any atom is -0.497 e. The van der Waals surface area contributed by atoms with Gasteiger partial charge in [-0.25, -0.2) is 4.99 Å². The number of para-hydroxylation sites is 1. The molecule has 0 unspecified atom stereocenters. The van der Waals surface area contributed by atoms with Gasteiger partial charge in [0.15, 0.2) is 16.3 Å². The molecule has 0 aliphatic carbocycles. The quantitative estimate of drug-likeness (QED) is 0.171. The molecule has 1 aliphatic heterocycles. The predicted molar refractivity (Wildman–Crippen MR) is 191 cm³/mol. The van der Waals surface area contributed by atoms with Crippen molar-refractivity contribution in [3.8, 4) is 17.2 Å². The lowest BCUT2D eigenvalue weighted by Crippen LogP contribution is -2.40. The van der Waals surface area contributed by atoms with Crippen LogP contribution in [0.2, 0.25) is 15.1 Å². The zero-order chi connectivity index (χ0) is 33.9. The van der Waals surface area contributed by atoms with Crippen molar-refractivity contribution in [2.45, 2.75) is 19.6 Å². The summed E-state index contributed by atoms with van der Waals surface area (Å²) in [6.07, 6.45) is 1.71. The Morgan fingerprint density at radius 1 is 0.958 bits per heavy atom. The van der Waals surface area contributed by atoms with Crippen molar-refractivity contribution in [3.63, 3.8) is 0 Å². The summed E-state index contributed by atoms with van der Waals surface area (Å²) in [5.41, 5.74) is 3.17. The average molecular weight is 721 g/mol. The van der Waals surface area contributed by atoms with Gasteiger partial charge in [-0.3, -0.25) is 14.2 Å². The molecule has 1 N–H and O–H groups in total. The molecular weight excluding hydrogens is 693 g/mol. The van der Waals surface area contributed by atoms with E-state index < -0.39 is 6.04 Å². The molecule has 0 fully saturated rings. The summed E-state index contributed by atoms with van der Waals surface area (Å²) < 4.78 is 19.0. The summed E-state index contributed by atoms with van der Waals surface area (Å²) in [5.74, 6) is 0.925. The molecule has 0 saturated heterocycles. The van der Waals surface area contributed by atoms with Crippen LogP contribution in [0, 0.1) is 0 Å². The lowest BCUT2D eigenvalue weighted by atomic mass is 9.95. The monoisotopic (exact) mass is 719 g/mol. The molecule has 4 aromatic carbocycles. The first-order valence-electron chi connectivity index (χ1n) is 14.6. The third kappa shape index (κ3) is 6.86. The van der Waals surface area contributed by atoms with Crippen LogP contribution in [0.4, 0.5) is 5.69 Å². The molecule has 0 saturated carbocycles. The summed E-state index contributed by atoms with van der Waals surface area (Å²) in [5, 5.41) is 4.22. The molecule has 1 aromatic heterocycles. The highest BCUT2D eigenvalue weighted by atomic mass is 35.5. The number of carbonyl (C=O) groups excluding carboxylic acids is 1. The topological polar surface area (TPSA) is 91.2 Å². The fraction of sp³-hybridized carbons (Fsp3) is 0.139. The molecule has 244 valence electrons. The van der Waals surface area contributed by atoms with Crippen LogP contribution in [0.3, 0.4) is 0 Å². The zero-order valence-corrected chi connectivity index (χ0v) is 29.0. The van der Waals surface area contributed by atoms with E-state index in [1.54, 1.807) is 67.1 Å². The van der Waals surface area contributed by atoms with Crippen molar-refractivity contribution in [1.29, 1.82) is 0 Å². The van der Waals surface area contributed by atoms with Crippen LogP contribution in [0.15, 0.2) is 106 Å². The number of ether oxygens (including phenoxy) is 3. The molecule has 0 radical (unpaired) electrons. The number of anilines is 1. The van der Waals surface area contributed by atoms with Crippen LogP contribution in [0.5, 0.6) is 17.2 Å². The minimum absolute atomic E-state index is 0.133. The second kappa shape index (κ2) is 14.3. The largest absolute Gasteiger partial charge is 0.497 e. The van der Waals surface area contributed by atoms with E-state index in [-0.39, 0.29) is 23.1 Å². The van der Waals surface area contributed by atoms with Gasteiger partial charge in [-0.05, 0) is 72.7 Å². The maximum absolute atomic E-state index is 14.2.